The van der Waals surface area contributed by atoms with Crippen LogP contribution in [0.2, 0.25) is 0 Å². The summed E-state index contributed by atoms with van der Waals surface area (Å²) in [6.45, 7) is 3.26. The van der Waals surface area contributed by atoms with Gasteiger partial charge in [-0.25, -0.2) is 0 Å². The van der Waals surface area contributed by atoms with Gasteiger partial charge in [0.15, 0.2) is 0 Å². The van der Waals surface area contributed by atoms with Crippen molar-refractivity contribution in [3.05, 3.63) is 39.4 Å². The lowest BCUT2D eigenvalue weighted by Gasteiger charge is -2.19. The molecule has 1 rings (SSSR count). The molecular formula is C12H13N3O3. The first-order valence-electron chi connectivity index (χ1n) is 5.29. The Bertz CT molecular complexity index is 534. The van der Waals surface area contributed by atoms with Gasteiger partial charge in [-0.3, -0.25) is 14.9 Å². The predicted octanol–water partition coefficient (Wildman–Crippen LogP) is 1.89. The van der Waals surface area contributed by atoms with Gasteiger partial charge in [0, 0.05) is 24.7 Å². The molecule has 1 unspecified atom stereocenters. The van der Waals surface area contributed by atoms with E-state index in [2.05, 4.69) is 0 Å². The molecule has 0 aliphatic rings. The highest BCUT2D eigenvalue weighted by Crippen LogP contribution is 2.18. The first kappa shape index (κ1) is 13.6. The minimum Gasteiger partial charge on any atom is -0.326 e. The maximum absolute atomic E-state index is 12.0. The number of hydrogen-bond acceptors (Lipinski definition) is 4. The molecule has 0 radical (unpaired) electrons. The summed E-state index contributed by atoms with van der Waals surface area (Å²) < 4.78 is 0. The van der Waals surface area contributed by atoms with E-state index in [1.165, 1.54) is 24.1 Å². The minimum atomic E-state index is -0.586. The molecule has 6 heteroatoms. The van der Waals surface area contributed by atoms with E-state index in [9.17, 15) is 14.9 Å². The molecule has 94 valence electrons. The van der Waals surface area contributed by atoms with Crippen LogP contribution in [0.5, 0.6) is 0 Å². The Labute approximate surface area is 105 Å². The van der Waals surface area contributed by atoms with Gasteiger partial charge in [0.05, 0.1) is 11.0 Å². The average Bonchev–Trinajstić information content (AvgIpc) is 2.35. The first-order valence-corrected chi connectivity index (χ1v) is 5.29. The van der Waals surface area contributed by atoms with Crippen LogP contribution in [0.4, 0.5) is 5.69 Å². The van der Waals surface area contributed by atoms with Gasteiger partial charge in [-0.15, -0.1) is 0 Å². The monoisotopic (exact) mass is 247 g/mol. The fourth-order valence-electron chi connectivity index (χ4n) is 1.46. The number of amides is 1. The van der Waals surface area contributed by atoms with Crippen LogP contribution in [0.1, 0.15) is 22.8 Å². The van der Waals surface area contributed by atoms with Crippen LogP contribution in [0.3, 0.4) is 0 Å². The largest absolute Gasteiger partial charge is 0.326 e. The number of hydrogen-bond donors (Lipinski definition) is 0. The maximum atomic E-state index is 12.0. The van der Waals surface area contributed by atoms with E-state index in [1.807, 2.05) is 6.07 Å². The third-order valence-corrected chi connectivity index (χ3v) is 2.61. The van der Waals surface area contributed by atoms with Crippen LogP contribution in [0, 0.1) is 28.4 Å². The van der Waals surface area contributed by atoms with Gasteiger partial charge >= 0.3 is 0 Å². The van der Waals surface area contributed by atoms with E-state index in [0.717, 1.165) is 0 Å². The van der Waals surface area contributed by atoms with Gasteiger partial charge in [-0.05, 0) is 25.5 Å². The van der Waals surface area contributed by atoms with Crippen molar-refractivity contribution >= 4 is 11.6 Å². The van der Waals surface area contributed by atoms with Gasteiger partial charge in [0.2, 0.25) is 0 Å². The summed E-state index contributed by atoms with van der Waals surface area (Å²) >= 11 is 0. The number of rotatable bonds is 3. The van der Waals surface area contributed by atoms with Gasteiger partial charge in [-0.1, -0.05) is 0 Å². The number of non-ortho nitro benzene ring substituents is 1. The summed E-state index contributed by atoms with van der Waals surface area (Å²) in [4.78, 5) is 23.4. The van der Waals surface area contributed by atoms with Gasteiger partial charge in [0.1, 0.15) is 6.04 Å². The van der Waals surface area contributed by atoms with Crippen molar-refractivity contribution in [3.63, 3.8) is 0 Å². The zero-order valence-electron chi connectivity index (χ0n) is 10.4. The Kier molecular flexibility index (Phi) is 4.00. The van der Waals surface area contributed by atoms with Crippen molar-refractivity contribution in [2.24, 2.45) is 0 Å². The van der Waals surface area contributed by atoms with E-state index in [0.29, 0.717) is 5.56 Å². The summed E-state index contributed by atoms with van der Waals surface area (Å²) in [6.07, 6.45) is 0. The lowest BCUT2D eigenvalue weighted by molar-refractivity contribution is -0.384. The van der Waals surface area contributed by atoms with Gasteiger partial charge in [0.25, 0.3) is 11.6 Å². The molecule has 0 aromatic heterocycles. The molecule has 0 bridgehead atoms. The van der Waals surface area contributed by atoms with E-state index in [1.54, 1.807) is 19.9 Å². The molecule has 0 heterocycles. The molecule has 0 saturated heterocycles. The van der Waals surface area contributed by atoms with Crippen molar-refractivity contribution < 1.29 is 9.72 Å². The molecule has 0 aliphatic carbocycles. The number of carbonyl (C=O) groups excluding carboxylic acids is 1. The zero-order chi connectivity index (χ0) is 13.9. The molecule has 1 aromatic rings. The highest BCUT2D eigenvalue weighted by atomic mass is 16.6. The lowest BCUT2D eigenvalue weighted by Crippen LogP contribution is -2.34. The van der Waals surface area contributed by atoms with Crippen LogP contribution in [0.15, 0.2) is 18.2 Å². The zero-order valence-corrected chi connectivity index (χ0v) is 10.4. The lowest BCUT2D eigenvalue weighted by atomic mass is 10.1. The number of carbonyl (C=O) groups is 1. The number of nitrogens with zero attached hydrogens (tertiary/aromatic N) is 3. The van der Waals surface area contributed by atoms with E-state index in [4.69, 9.17) is 5.26 Å². The second-order valence-corrected chi connectivity index (χ2v) is 4.04. The molecule has 18 heavy (non-hydrogen) atoms. The topological polar surface area (TPSA) is 87.2 Å². The Morgan fingerprint density at radius 2 is 2.11 bits per heavy atom. The number of nitro benzene ring substituents is 1. The molecule has 0 N–H and O–H groups in total. The van der Waals surface area contributed by atoms with Gasteiger partial charge < -0.3 is 4.90 Å². The quantitative estimate of drug-likeness (QED) is 0.602. The minimum absolute atomic E-state index is 0.128. The third-order valence-electron chi connectivity index (χ3n) is 2.61. The normalized spacial score (nSPS) is 11.4. The first-order chi connectivity index (χ1) is 8.36. The van der Waals surface area contributed by atoms with E-state index < -0.39 is 16.9 Å². The standard InChI is InChI=1S/C12H13N3O3/c1-8-4-10(6-11(5-8)15(17)18)12(16)14(3)9(2)7-13/h4-6,9H,1-3H3. The van der Waals surface area contributed by atoms with E-state index in [-0.39, 0.29) is 11.3 Å². The maximum Gasteiger partial charge on any atom is 0.270 e. The number of nitro groups is 1. The van der Waals surface area contributed by atoms with Crippen LogP contribution >= 0.6 is 0 Å². The molecule has 1 atom stereocenters. The highest BCUT2D eigenvalue weighted by Gasteiger charge is 2.19. The Morgan fingerprint density at radius 3 is 2.61 bits per heavy atom. The number of benzene rings is 1. The van der Waals surface area contributed by atoms with Crippen molar-refractivity contribution in [2.45, 2.75) is 19.9 Å². The Morgan fingerprint density at radius 1 is 1.50 bits per heavy atom. The summed E-state index contributed by atoms with van der Waals surface area (Å²) in [7, 11) is 1.49. The average molecular weight is 247 g/mol. The molecule has 0 aliphatic heterocycles. The molecule has 0 saturated carbocycles. The molecule has 0 fully saturated rings. The summed E-state index contributed by atoms with van der Waals surface area (Å²) in [6, 6.07) is 5.53. The molecule has 6 nitrogen and oxygen atoms in total. The Balaban J connectivity index is 3.14. The fraction of sp³-hybridized carbons (Fsp3) is 0.333. The molecule has 0 spiro atoms. The van der Waals surface area contributed by atoms with Crippen molar-refractivity contribution in [1.29, 1.82) is 5.26 Å². The molecule has 1 amide bonds. The molecular weight excluding hydrogens is 234 g/mol. The highest BCUT2D eigenvalue weighted by molar-refractivity contribution is 5.95. The fourth-order valence-corrected chi connectivity index (χ4v) is 1.46. The van der Waals surface area contributed by atoms with Crippen LogP contribution in [-0.4, -0.2) is 28.8 Å². The Hall–Kier alpha value is -2.42. The van der Waals surface area contributed by atoms with E-state index >= 15 is 0 Å². The number of nitriles is 1. The second-order valence-electron chi connectivity index (χ2n) is 4.04. The van der Waals surface area contributed by atoms with Crippen LogP contribution < -0.4 is 0 Å². The summed E-state index contributed by atoms with van der Waals surface area (Å²) in [5, 5.41) is 19.5. The summed E-state index contributed by atoms with van der Waals surface area (Å²) in [5.41, 5.74) is 0.716. The third kappa shape index (κ3) is 2.83. The smallest absolute Gasteiger partial charge is 0.270 e. The van der Waals surface area contributed by atoms with Gasteiger partial charge in [-0.2, -0.15) is 5.26 Å². The van der Waals surface area contributed by atoms with Crippen molar-refractivity contribution in [3.8, 4) is 6.07 Å². The van der Waals surface area contributed by atoms with Crippen LogP contribution in [-0.2, 0) is 0 Å². The molecule has 1 aromatic carbocycles. The number of aryl methyl sites for hydroxylation is 1. The van der Waals surface area contributed by atoms with Crippen molar-refractivity contribution in [2.75, 3.05) is 7.05 Å². The van der Waals surface area contributed by atoms with Crippen LogP contribution in [0.25, 0.3) is 0 Å². The second kappa shape index (κ2) is 5.27. The summed E-state index contributed by atoms with van der Waals surface area (Å²) in [5.74, 6) is -0.407. The van der Waals surface area contributed by atoms with Crippen molar-refractivity contribution in [1.82, 2.24) is 4.90 Å². The SMILES string of the molecule is Cc1cc(C(=O)N(C)C(C)C#N)cc([N+](=O)[O-])c1. The predicted molar refractivity (Wildman–Crippen MR) is 65.0 cm³/mol.